The molecule has 2 aromatic rings. The van der Waals surface area contributed by atoms with Crippen molar-refractivity contribution < 1.29 is 13.9 Å². The van der Waals surface area contributed by atoms with Crippen molar-refractivity contribution in [2.24, 2.45) is 5.92 Å². The van der Waals surface area contributed by atoms with Crippen molar-refractivity contribution in [2.45, 2.75) is 33.2 Å². The minimum absolute atomic E-state index is 0.246. The molecule has 0 aliphatic heterocycles. The zero-order chi connectivity index (χ0) is 17.0. The van der Waals surface area contributed by atoms with Crippen molar-refractivity contribution >= 4 is 21.8 Å². The smallest absolute Gasteiger partial charge is 0.255 e. The van der Waals surface area contributed by atoms with Crippen LogP contribution in [0.3, 0.4) is 0 Å². The van der Waals surface area contributed by atoms with Crippen LogP contribution < -0.4 is 10.1 Å². The van der Waals surface area contributed by atoms with E-state index in [2.05, 4.69) is 45.3 Å². The highest BCUT2D eigenvalue weighted by Gasteiger charge is 2.23. The first-order chi connectivity index (χ1) is 10.9. The first-order valence-corrected chi connectivity index (χ1v) is 8.14. The molecular formula is C16H20BrN3O3. The van der Waals surface area contributed by atoms with Gasteiger partial charge in [0.15, 0.2) is 0 Å². The molecule has 1 aromatic carbocycles. The lowest BCUT2D eigenvalue weighted by atomic mass is 10.0. The number of halogens is 1. The van der Waals surface area contributed by atoms with Gasteiger partial charge in [0.05, 0.1) is 12.7 Å². The van der Waals surface area contributed by atoms with Crippen molar-refractivity contribution in [2.75, 3.05) is 7.11 Å². The van der Waals surface area contributed by atoms with E-state index in [1.54, 1.807) is 19.1 Å². The third kappa shape index (κ3) is 4.54. The zero-order valence-electron chi connectivity index (χ0n) is 13.6. The molecule has 1 aromatic heterocycles. The Morgan fingerprint density at radius 3 is 2.70 bits per heavy atom. The number of amides is 1. The lowest BCUT2D eigenvalue weighted by Gasteiger charge is -2.18. The van der Waals surface area contributed by atoms with Gasteiger partial charge in [-0.3, -0.25) is 4.79 Å². The lowest BCUT2D eigenvalue weighted by molar-refractivity contribution is 0.0921. The minimum Gasteiger partial charge on any atom is -0.496 e. The fourth-order valence-corrected chi connectivity index (χ4v) is 2.60. The third-order valence-electron chi connectivity index (χ3n) is 3.26. The van der Waals surface area contributed by atoms with E-state index in [0.29, 0.717) is 35.4 Å². The van der Waals surface area contributed by atoms with Gasteiger partial charge in [-0.15, -0.1) is 10.2 Å². The van der Waals surface area contributed by atoms with E-state index in [1.807, 2.05) is 6.07 Å². The number of nitrogens with one attached hydrogen (secondary N) is 1. The normalized spacial score (nSPS) is 12.3. The van der Waals surface area contributed by atoms with Crippen molar-refractivity contribution in [1.29, 1.82) is 0 Å². The summed E-state index contributed by atoms with van der Waals surface area (Å²) in [4.78, 5) is 12.6. The second-order valence-electron chi connectivity index (χ2n) is 5.66. The van der Waals surface area contributed by atoms with Gasteiger partial charge in [0.2, 0.25) is 11.8 Å². The van der Waals surface area contributed by atoms with E-state index in [9.17, 15) is 4.79 Å². The van der Waals surface area contributed by atoms with Gasteiger partial charge < -0.3 is 14.5 Å². The Labute approximate surface area is 143 Å². The molecule has 6 nitrogen and oxygen atoms in total. The van der Waals surface area contributed by atoms with Crippen molar-refractivity contribution in [3.8, 4) is 5.75 Å². The predicted octanol–water partition coefficient (Wildman–Crippen LogP) is 3.67. The number of rotatable bonds is 6. The molecule has 7 heteroatoms. The number of aromatic nitrogens is 2. The topological polar surface area (TPSA) is 77.2 Å². The Morgan fingerprint density at radius 1 is 1.39 bits per heavy atom. The molecule has 124 valence electrons. The zero-order valence-corrected chi connectivity index (χ0v) is 15.2. The maximum absolute atomic E-state index is 12.6. The number of carbonyl (C=O) groups is 1. The molecule has 0 bridgehead atoms. The Morgan fingerprint density at radius 2 is 2.13 bits per heavy atom. The number of nitrogens with zero attached hydrogens (tertiary/aromatic N) is 2. The molecule has 0 aliphatic carbocycles. The number of hydrogen-bond acceptors (Lipinski definition) is 5. The summed E-state index contributed by atoms with van der Waals surface area (Å²) in [6.07, 6.45) is 0.698. The summed E-state index contributed by atoms with van der Waals surface area (Å²) in [6.45, 7) is 5.87. The van der Waals surface area contributed by atoms with Gasteiger partial charge in [-0.2, -0.15) is 0 Å². The van der Waals surface area contributed by atoms with Gasteiger partial charge in [0, 0.05) is 11.4 Å². The summed E-state index contributed by atoms with van der Waals surface area (Å²) in [5, 5.41) is 10.8. The molecule has 0 radical (unpaired) electrons. The van der Waals surface area contributed by atoms with E-state index >= 15 is 0 Å². The summed E-state index contributed by atoms with van der Waals surface area (Å²) in [5.74, 6) is 1.51. The van der Waals surface area contributed by atoms with Crippen LogP contribution in [0.1, 0.15) is 48.4 Å². The van der Waals surface area contributed by atoms with E-state index in [1.165, 1.54) is 7.11 Å². The average molecular weight is 382 g/mol. The van der Waals surface area contributed by atoms with Crippen molar-refractivity contribution in [1.82, 2.24) is 15.5 Å². The van der Waals surface area contributed by atoms with Gasteiger partial charge >= 0.3 is 0 Å². The molecule has 1 heterocycles. The number of hydrogen-bond donors (Lipinski definition) is 1. The standard InChI is InChI=1S/C16H20BrN3O3/c1-9(2)7-13(16-20-19-10(3)23-16)18-15(21)12-8-11(17)5-6-14(12)22-4/h5-6,8-9,13H,7H2,1-4H3,(H,18,21). The molecule has 0 saturated heterocycles. The third-order valence-corrected chi connectivity index (χ3v) is 3.75. The van der Waals surface area contributed by atoms with Crippen LogP contribution in [0.25, 0.3) is 0 Å². The first-order valence-electron chi connectivity index (χ1n) is 7.35. The summed E-state index contributed by atoms with van der Waals surface area (Å²) >= 11 is 3.37. The predicted molar refractivity (Wildman–Crippen MR) is 89.4 cm³/mol. The maximum atomic E-state index is 12.6. The average Bonchev–Trinajstić information content (AvgIpc) is 2.92. The minimum atomic E-state index is -0.340. The molecule has 2 rings (SSSR count). The molecular weight excluding hydrogens is 362 g/mol. The molecule has 0 saturated carbocycles. The summed E-state index contributed by atoms with van der Waals surface area (Å²) in [7, 11) is 1.53. The maximum Gasteiger partial charge on any atom is 0.255 e. The Balaban J connectivity index is 2.25. The van der Waals surface area contributed by atoms with Crippen LogP contribution in [0, 0.1) is 12.8 Å². The van der Waals surface area contributed by atoms with Crippen LogP contribution in [0.5, 0.6) is 5.75 Å². The highest BCUT2D eigenvalue weighted by atomic mass is 79.9. The summed E-state index contributed by atoms with van der Waals surface area (Å²) < 4.78 is 11.6. The SMILES string of the molecule is COc1ccc(Br)cc1C(=O)NC(CC(C)C)c1nnc(C)o1. The molecule has 1 N–H and O–H groups in total. The first kappa shape index (κ1) is 17.5. The molecule has 1 unspecified atom stereocenters. The molecule has 0 fully saturated rings. The van der Waals surface area contributed by atoms with Crippen LogP contribution in [0.4, 0.5) is 0 Å². The number of methoxy groups -OCH3 is 1. The molecule has 0 spiro atoms. The largest absolute Gasteiger partial charge is 0.496 e. The monoisotopic (exact) mass is 381 g/mol. The van der Waals surface area contributed by atoms with Crippen molar-refractivity contribution in [3.63, 3.8) is 0 Å². The Kier molecular flexibility index (Phi) is 5.76. The van der Waals surface area contributed by atoms with E-state index < -0.39 is 0 Å². The van der Waals surface area contributed by atoms with Crippen LogP contribution in [-0.4, -0.2) is 23.2 Å². The number of benzene rings is 1. The number of carbonyl (C=O) groups excluding carboxylic acids is 1. The van der Waals surface area contributed by atoms with Crippen LogP contribution in [-0.2, 0) is 0 Å². The molecule has 23 heavy (non-hydrogen) atoms. The fraction of sp³-hybridized carbons (Fsp3) is 0.438. The Hall–Kier alpha value is -1.89. The highest BCUT2D eigenvalue weighted by Crippen LogP contribution is 2.25. The van der Waals surface area contributed by atoms with Gasteiger partial charge in [-0.1, -0.05) is 29.8 Å². The van der Waals surface area contributed by atoms with Gasteiger partial charge in [-0.25, -0.2) is 0 Å². The summed E-state index contributed by atoms with van der Waals surface area (Å²) in [6, 6.07) is 4.95. The van der Waals surface area contributed by atoms with Gasteiger partial charge in [0.1, 0.15) is 11.8 Å². The van der Waals surface area contributed by atoms with Crippen molar-refractivity contribution in [3.05, 3.63) is 40.0 Å². The molecule has 1 amide bonds. The number of ether oxygens (including phenoxy) is 1. The second kappa shape index (κ2) is 7.59. The lowest BCUT2D eigenvalue weighted by Crippen LogP contribution is -2.30. The quantitative estimate of drug-likeness (QED) is 0.825. The van der Waals surface area contributed by atoms with Crippen LogP contribution in [0.2, 0.25) is 0 Å². The number of aryl methyl sites for hydroxylation is 1. The van der Waals surface area contributed by atoms with Gasteiger partial charge in [0.25, 0.3) is 5.91 Å². The molecule has 1 atom stereocenters. The fourth-order valence-electron chi connectivity index (χ4n) is 2.24. The van der Waals surface area contributed by atoms with E-state index in [4.69, 9.17) is 9.15 Å². The van der Waals surface area contributed by atoms with Gasteiger partial charge in [-0.05, 0) is 30.5 Å². The van der Waals surface area contributed by atoms with Crippen LogP contribution >= 0.6 is 15.9 Å². The van der Waals surface area contributed by atoms with E-state index in [-0.39, 0.29) is 11.9 Å². The Bertz CT molecular complexity index is 685. The van der Waals surface area contributed by atoms with Crippen LogP contribution in [0.15, 0.2) is 27.1 Å². The second-order valence-corrected chi connectivity index (χ2v) is 6.58. The highest BCUT2D eigenvalue weighted by molar-refractivity contribution is 9.10. The summed E-state index contributed by atoms with van der Waals surface area (Å²) in [5.41, 5.74) is 0.451. The van der Waals surface area contributed by atoms with E-state index in [0.717, 1.165) is 4.47 Å². The molecule has 0 aliphatic rings.